The second-order valence-electron chi connectivity index (χ2n) is 8.12. The highest BCUT2D eigenvalue weighted by Gasteiger charge is 2.49. The third-order valence-electron chi connectivity index (χ3n) is 6.15. The number of carbonyl (C=O) groups is 1. The van der Waals surface area contributed by atoms with Crippen molar-refractivity contribution in [3.63, 3.8) is 0 Å². The molecule has 4 rings (SSSR count). The predicted molar refractivity (Wildman–Crippen MR) is 101 cm³/mol. The minimum atomic E-state index is -4.38. The van der Waals surface area contributed by atoms with Gasteiger partial charge >= 0.3 is 12.2 Å². The van der Waals surface area contributed by atoms with Crippen molar-refractivity contribution in [3.05, 3.63) is 70.8 Å². The number of benzene rings is 2. The number of nitrogens with one attached hydrogen (secondary N) is 1. The van der Waals surface area contributed by atoms with E-state index in [0.29, 0.717) is 18.0 Å². The molecule has 0 spiro atoms. The number of alkyl halides is 3. The lowest BCUT2D eigenvalue weighted by Gasteiger charge is -2.38. The lowest BCUT2D eigenvalue weighted by atomic mass is 9.88. The molecule has 1 N–H and O–H groups in total. The molecule has 3 atom stereocenters. The Morgan fingerprint density at radius 1 is 1.14 bits per heavy atom. The first kappa shape index (κ1) is 18.8. The fraction of sp³-hybridized carbons (Fsp3) is 0.409. The Balaban J connectivity index is 1.69. The van der Waals surface area contributed by atoms with Crippen LogP contribution in [-0.2, 0) is 12.6 Å². The molecule has 0 saturated heterocycles. The fourth-order valence-electron chi connectivity index (χ4n) is 4.07. The van der Waals surface area contributed by atoms with E-state index in [9.17, 15) is 18.0 Å². The smallest absolute Gasteiger partial charge is 0.333 e. The van der Waals surface area contributed by atoms with E-state index >= 15 is 0 Å². The number of fused-ring (bicyclic) bond motifs is 1. The van der Waals surface area contributed by atoms with Crippen molar-refractivity contribution in [1.29, 1.82) is 0 Å². The Hall–Kier alpha value is -2.50. The first-order valence-electron chi connectivity index (χ1n) is 9.53. The third kappa shape index (κ3) is 3.36. The van der Waals surface area contributed by atoms with Crippen molar-refractivity contribution in [2.75, 3.05) is 6.54 Å². The summed E-state index contributed by atoms with van der Waals surface area (Å²) in [6.45, 7) is 4.65. The van der Waals surface area contributed by atoms with Crippen molar-refractivity contribution in [2.24, 2.45) is 5.92 Å². The lowest BCUT2D eigenvalue weighted by molar-refractivity contribution is -0.137. The molecular weight excluding hydrogens is 365 g/mol. The number of amides is 2. The van der Waals surface area contributed by atoms with E-state index in [2.05, 4.69) is 12.2 Å². The van der Waals surface area contributed by atoms with Crippen molar-refractivity contribution < 1.29 is 18.0 Å². The van der Waals surface area contributed by atoms with E-state index in [1.54, 1.807) is 4.90 Å². The minimum Gasteiger partial charge on any atom is -0.333 e. The van der Waals surface area contributed by atoms with Crippen LogP contribution in [0.2, 0.25) is 0 Å². The Kier molecular flexibility index (Phi) is 4.40. The van der Waals surface area contributed by atoms with Crippen LogP contribution in [0, 0.1) is 5.92 Å². The first-order chi connectivity index (χ1) is 13.2. The van der Waals surface area contributed by atoms with Crippen LogP contribution in [0.1, 0.15) is 48.6 Å². The second-order valence-corrected chi connectivity index (χ2v) is 8.12. The topological polar surface area (TPSA) is 32.3 Å². The molecule has 1 aliphatic carbocycles. The zero-order chi connectivity index (χ0) is 20.1. The highest BCUT2D eigenvalue weighted by atomic mass is 19.4. The summed E-state index contributed by atoms with van der Waals surface area (Å²) in [6, 6.07) is 12.4. The zero-order valence-electron chi connectivity index (χ0n) is 15.9. The van der Waals surface area contributed by atoms with Crippen LogP contribution in [0.3, 0.4) is 0 Å². The van der Waals surface area contributed by atoms with Gasteiger partial charge in [0.1, 0.15) is 0 Å². The molecule has 2 aromatic carbocycles. The molecule has 2 aliphatic rings. The SMILES string of the molecule is CC1C[C@@]1(C)NC(=O)N1CCc2ccccc2C1c1ccc(C(F)(F)F)cc1. The molecule has 0 aromatic heterocycles. The first-order valence-corrected chi connectivity index (χ1v) is 9.53. The fourth-order valence-corrected chi connectivity index (χ4v) is 4.07. The third-order valence-corrected chi connectivity index (χ3v) is 6.15. The van der Waals surface area contributed by atoms with Crippen LogP contribution in [-0.4, -0.2) is 23.0 Å². The number of rotatable bonds is 2. The second kappa shape index (κ2) is 6.54. The summed E-state index contributed by atoms with van der Waals surface area (Å²) in [5, 5.41) is 3.12. The number of hydrogen-bond donors (Lipinski definition) is 1. The van der Waals surface area contributed by atoms with Crippen LogP contribution in [0.15, 0.2) is 48.5 Å². The van der Waals surface area contributed by atoms with E-state index in [0.717, 1.165) is 36.1 Å². The molecule has 2 amide bonds. The van der Waals surface area contributed by atoms with Crippen molar-refractivity contribution >= 4 is 6.03 Å². The van der Waals surface area contributed by atoms with Gasteiger partial charge in [-0.25, -0.2) is 4.79 Å². The predicted octanol–water partition coefficient (Wildman–Crippen LogP) is 5.16. The van der Waals surface area contributed by atoms with Gasteiger partial charge in [0.2, 0.25) is 0 Å². The van der Waals surface area contributed by atoms with E-state index in [-0.39, 0.29) is 11.6 Å². The molecule has 148 valence electrons. The highest BCUT2D eigenvalue weighted by molar-refractivity contribution is 5.77. The van der Waals surface area contributed by atoms with E-state index in [4.69, 9.17) is 0 Å². The van der Waals surface area contributed by atoms with Crippen molar-refractivity contribution in [1.82, 2.24) is 10.2 Å². The standard InChI is InChI=1S/C22H23F3N2O/c1-14-13-21(14,2)26-20(28)27-12-11-15-5-3-4-6-18(15)19(27)16-7-9-17(10-8-16)22(23,24)25/h3-10,14,19H,11-13H2,1-2H3,(H,26,28)/t14?,19?,21-/m1/s1. The van der Waals surface area contributed by atoms with Crippen LogP contribution in [0.4, 0.5) is 18.0 Å². The summed E-state index contributed by atoms with van der Waals surface area (Å²) in [6.07, 6.45) is -2.71. The largest absolute Gasteiger partial charge is 0.416 e. The van der Waals surface area contributed by atoms with Crippen LogP contribution >= 0.6 is 0 Å². The molecule has 0 radical (unpaired) electrons. The summed E-state index contributed by atoms with van der Waals surface area (Å²) in [5.74, 6) is 0.429. The normalized spacial score (nSPS) is 26.5. The molecule has 2 unspecified atom stereocenters. The molecular formula is C22H23F3N2O. The number of carbonyl (C=O) groups excluding carboxylic acids is 1. The molecule has 1 heterocycles. The maximum atomic E-state index is 13.1. The molecule has 0 bridgehead atoms. The van der Waals surface area contributed by atoms with Crippen LogP contribution < -0.4 is 5.32 Å². The monoisotopic (exact) mass is 388 g/mol. The summed E-state index contributed by atoms with van der Waals surface area (Å²) in [7, 11) is 0. The average Bonchev–Trinajstić information content (AvgIpc) is 3.25. The van der Waals surface area contributed by atoms with Crippen LogP contribution in [0.25, 0.3) is 0 Å². The Labute approximate surface area is 162 Å². The highest BCUT2D eigenvalue weighted by Crippen LogP contribution is 2.43. The Morgan fingerprint density at radius 3 is 2.39 bits per heavy atom. The van der Waals surface area contributed by atoms with Gasteiger partial charge in [-0.2, -0.15) is 13.2 Å². The lowest BCUT2D eigenvalue weighted by Crippen LogP contribution is -2.49. The molecule has 6 heteroatoms. The number of halogens is 3. The summed E-state index contributed by atoms with van der Waals surface area (Å²) < 4.78 is 38.9. The molecule has 28 heavy (non-hydrogen) atoms. The zero-order valence-corrected chi connectivity index (χ0v) is 15.9. The van der Waals surface area contributed by atoms with Crippen molar-refractivity contribution in [2.45, 2.75) is 44.4 Å². The molecule has 3 nitrogen and oxygen atoms in total. The quantitative estimate of drug-likeness (QED) is 0.757. The Bertz CT molecular complexity index is 893. The summed E-state index contributed by atoms with van der Waals surface area (Å²) >= 11 is 0. The van der Waals surface area contributed by atoms with Gasteiger partial charge in [0.05, 0.1) is 11.6 Å². The molecule has 1 aliphatic heterocycles. The van der Waals surface area contributed by atoms with Gasteiger partial charge in [-0.15, -0.1) is 0 Å². The van der Waals surface area contributed by atoms with E-state index in [1.807, 2.05) is 31.2 Å². The maximum absolute atomic E-state index is 13.1. The van der Waals surface area contributed by atoms with Gasteiger partial charge in [-0.1, -0.05) is 43.3 Å². The summed E-state index contributed by atoms with van der Waals surface area (Å²) in [4.78, 5) is 14.8. The van der Waals surface area contributed by atoms with Crippen LogP contribution in [0.5, 0.6) is 0 Å². The number of urea groups is 1. The van der Waals surface area contributed by atoms with Gasteiger partial charge in [0.25, 0.3) is 0 Å². The minimum absolute atomic E-state index is 0.161. The van der Waals surface area contributed by atoms with Gasteiger partial charge in [0, 0.05) is 12.1 Å². The summed E-state index contributed by atoms with van der Waals surface area (Å²) in [5.41, 5.74) is 1.90. The van der Waals surface area contributed by atoms with Gasteiger partial charge in [-0.05, 0) is 54.5 Å². The number of hydrogen-bond acceptors (Lipinski definition) is 1. The van der Waals surface area contributed by atoms with Gasteiger partial charge < -0.3 is 10.2 Å². The number of nitrogens with zero attached hydrogens (tertiary/aromatic N) is 1. The van der Waals surface area contributed by atoms with E-state index < -0.39 is 17.8 Å². The molecule has 2 aromatic rings. The van der Waals surface area contributed by atoms with E-state index in [1.165, 1.54) is 12.1 Å². The van der Waals surface area contributed by atoms with Crippen molar-refractivity contribution in [3.8, 4) is 0 Å². The molecule has 1 fully saturated rings. The van der Waals surface area contributed by atoms with Gasteiger partial charge in [0.15, 0.2) is 0 Å². The Morgan fingerprint density at radius 2 is 1.79 bits per heavy atom. The van der Waals surface area contributed by atoms with Gasteiger partial charge in [-0.3, -0.25) is 0 Å². The maximum Gasteiger partial charge on any atom is 0.416 e. The average molecular weight is 388 g/mol. The molecule has 1 saturated carbocycles.